The molecular weight excluding hydrogens is 398 g/mol. The van der Waals surface area contributed by atoms with E-state index in [-0.39, 0.29) is 5.90 Å². The normalized spacial score (nSPS) is 15.1. The lowest BCUT2D eigenvalue weighted by molar-refractivity contribution is 0.545. The van der Waals surface area contributed by atoms with Gasteiger partial charge in [-0.15, -0.1) is 0 Å². The SMILES string of the molecule is CCCCNP(=O)(CP(=O)(c1ccccc1C)c1ccccc1C)C(N)CCC. The monoisotopic (exact) mass is 434 g/mol. The maximum absolute atomic E-state index is 14.7. The van der Waals surface area contributed by atoms with Crippen LogP contribution in [0.25, 0.3) is 0 Å². The summed E-state index contributed by atoms with van der Waals surface area (Å²) >= 11 is 0. The van der Waals surface area contributed by atoms with Crippen LogP contribution in [0.3, 0.4) is 0 Å². The van der Waals surface area contributed by atoms with E-state index >= 15 is 0 Å². The van der Waals surface area contributed by atoms with Gasteiger partial charge in [0.2, 0.25) is 0 Å². The second-order valence-electron chi connectivity index (χ2n) is 7.87. The number of benzene rings is 2. The third-order valence-corrected chi connectivity index (χ3v) is 13.4. The molecule has 0 aliphatic carbocycles. The molecule has 2 aromatic carbocycles. The molecule has 0 spiro atoms. The van der Waals surface area contributed by atoms with E-state index in [2.05, 4.69) is 12.0 Å². The Morgan fingerprint density at radius 3 is 1.86 bits per heavy atom. The number of hydrogen-bond acceptors (Lipinski definition) is 3. The summed E-state index contributed by atoms with van der Waals surface area (Å²) in [7, 11) is -6.24. The molecule has 2 aromatic rings. The Balaban J connectivity index is 2.61. The minimum Gasteiger partial charge on any atom is -0.320 e. The van der Waals surface area contributed by atoms with Gasteiger partial charge in [-0.2, -0.15) is 0 Å². The Hall–Kier alpha value is -1.18. The first-order valence-corrected chi connectivity index (χ1v) is 14.4. The largest absolute Gasteiger partial charge is 0.320 e. The van der Waals surface area contributed by atoms with E-state index in [1.165, 1.54) is 0 Å². The Labute approximate surface area is 176 Å². The summed E-state index contributed by atoms with van der Waals surface area (Å²) in [4.78, 5) is 0. The van der Waals surface area contributed by atoms with Crippen molar-refractivity contribution in [3.8, 4) is 0 Å². The van der Waals surface area contributed by atoms with Crippen LogP contribution in [0.2, 0.25) is 0 Å². The van der Waals surface area contributed by atoms with Crippen molar-refractivity contribution in [1.82, 2.24) is 5.09 Å². The molecule has 0 aliphatic heterocycles. The Bertz CT molecular complexity index is 848. The van der Waals surface area contributed by atoms with Gasteiger partial charge in [-0.1, -0.05) is 75.2 Å². The Kier molecular flexibility index (Phi) is 8.91. The van der Waals surface area contributed by atoms with Crippen LogP contribution >= 0.6 is 14.4 Å². The molecule has 160 valence electrons. The van der Waals surface area contributed by atoms with Gasteiger partial charge in [0.25, 0.3) is 0 Å². The smallest absolute Gasteiger partial charge is 0.171 e. The lowest BCUT2D eigenvalue weighted by Crippen LogP contribution is -2.33. The molecule has 29 heavy (non-hydrogen) atoms. The molecule has 2 atom stereocenters. The zero-order chi connectivity index (χ0) is 21.5. The fourth-order valence-electron chi connectivity index (χ4n) is 3.74. The molecule has 0 heterocycles. The molecule has 0 aliphatic rings. The summed E-state index contributed by atoms with van der Waals surface area (Å²) in [5.74, 6) is -0.411. The number of nitrogens with two attached hydrogens (primary N) is 1. The molecule has 4 nitrogen and oxygen atoms in total. The van der Waals surface area contributed by atoms with Crippen LogP contribution in [0.4, 0.5) is 0 Å². The second-order valence-corrected chi connectivity index (χ2v) is 14.0. The molecule has 0 saturated carbocycles. The van der Waals surface area contributed by atoms with Crippen molar-refractivity contribution >= 4 is 25.0 Å². The van der Waals surface area contributed by atoms with Crippen molar-refractivity contribution in [3.05, 3.63) is 59.7 Å². The number of rotatable bonds is 11. The van der Waals surface area contributed by atoms with Gasteiger partial charge in [-0.05, 0) is 37.8 Å². The van der Waals surface area contributed by atoms with Crippen LogP contribution < -0.4 is 21.4 Å². The van der Waals surface area contributed by atoms with Gasteiger partial charge < -0.3 is 14.9 Å². The van der Waals surface area contributed by atoms with Crippen LogP contribution in [0, 0.1) is 13.8 Å². The fourth-order valence-corrected chi connectivity index (χ4v) is 12.2. The number of unbranched alkanes of at least 4 members (excludes halogenated alkanes) is 1. The highest BCUT2D eigenvalue weighted by Gasteiger charge is 2.41. The van der Waals surface area contributed by atoms with Crippen molar-refractivity contribution in [3.63, 3.8) is 0 Å². The summed E-state index contributed by atoms with van der Waals surface area (Å²) < 4.78 is 28.9. The van der Waals surface area contributed by atoms with E-state index in [1.54, 1.807) is 0 Å². The standard InChI is InChI=1S/C23H36N2O2P2/c1-5-7-17-25-29(27,23(24)12-6-2)18-28(26,21-15-10-8-13-19(21)3)22-16-11-9-14-20(22)4/h8-11,13-16,23H,5-7,12,17-18,24H2,1-4H3,(H,25,27). The quantitative estimate of drug-likeness (QED) is 0.371. The van der Waals surface area contributed by atoms with Crippen LogP contribution in [-0.2, 0) is 9.13 Å². The first-order valence-electron chi connectivity index (χ1n) is 10.6. The maximum atomic E-state index is 14.7. The third-order valence-electron chi connectivity index (χ3n) is 5.45. The van der Waals surface area contributed by atoms with Crippen LogP contribution in [0.15, 0.2) is 48.5 Å². The zero-order valence-electron chi connectivity index (χ0n) is 18.2. The molecule has 3 N–H and O–H groups in total. The lowest BCUT2D eigenvalue weighted by Gasteiger charge is -2.31. The summed E-state index contributed by atoms with van der Waals surface area (Å²) in [6.45, 7) is 8.72. The third kappa shape index (κ3) is 5.70. The molecule has 6 heteroatoms. The van der Waals surface area contributed by atoms with Gasteiger partial charge in [0.05, 0.1) is 11.7 Å². The Morgan fingerprint density at radius 2 is 1.41 bits per heavy atom. The van der Waals surface area contributed by atoms with Gasteiger partial charge in [-0.3, -0.25) is 5.09 Å². The summed E-state index contributed by atoms with van der Waals surface area (Å²) in [6.07, 6.45) is 3.42. The van der Waals surface area contributed by atoms with E-state index in [9.17, 15) is 9.13 Å². The average molecular weight is 435 g/mol. The van der Waals surface area contributed by atoms with Crippen molar-refractivity contribution in [2.24, 2.45) is 5.73 Å². The molecule has 0 aromatic heterocycles. The first-order chi connectivity index (χ1) is 13.8. The van der Waals surface area contributed by atoms with Gasteiger partial charge in [0.15, 0.2) is 14.4 Å². The molecule has 2 unspecified atom stereocenters. The predicted molar refractivity (Wildman–Crippen MR) is 128 cm³/mol. The highest BCUT2D eigenvalue weighted by atomic mass is 31.2. The van der Waals surface area contributed by atoms with E-state index in [1.807, 2.05) is 69.3 Å². The van der Waals surface area contributed by atoms with E-state index in [0.29, 0.717) is 13.0 Å². The van der Waals surface area contributed by atoms with Gasteiger partial charge in [0.1, 0.15) is 0 Å². The van der Waals surface area contributed by atoms with Crippen molar-refractivity contribution in [1.29, 1.82) is 0 Å². The van der Waals surface area contributed by atoms with Crippen molar-refractivity contribution < 1.29 is 9.13 Å². The molecule has 0 amide bonds. The molecule has 0 saturated heterocycles. The minimum absolute atomic E-state index is 0.0839. The van der Waals surface area contributed by atoms with Crippen LogP contribution in [0.1, 0.15) is 50.7 Å². The highest BCUT2D eigenvalue weighted by Crippen LogP contribution is 2.61. The molecule has 2 rings (SSSR count). The minimum atomic E-state index is -3.15. The van der Waals surface area contributed by atoms with E-state index in [4.69, 9.17) is 5.73 Å². The van der Waals surface area contributed by atoms with Crippen LogP contribution in [-0.4, -0.2) is 18.2 Å². The van der Waals surface area contributed by atoms with E-state index in [0.717, 1.165) is 41.0 Å². The van der Waals surface area contributed by atoms with Gasteiger partial charge in [-0.25, -0.2) is 0 Å². The first kappa shape index (κ1) is 24.1. The summed E-state index contributed by atoms with van der Waals surface area (Å²) in [5, 5.41) is 4.85. The molecule has 0 bridgehead atoms. The molecular formula is C23H36N2O2P2. The van der Waals surface area contributed by atoms with Crippen LogP contribution in [0.5, 0.6) is 0 Å². The molecule has 0 fully saturated rings. The second kappa shape index (κ2) is 10.7. The number of nitrogens with one attached hydrogen (secondary N) is 1. The number of aryl methyl sites for hydroxylation is 2. The molecule has 0 radical (unpaired) electrons. The van der Waals surface area contributed by atoms with Crippen molar-refractivity contribution in [2.75, 3.05) is 12.4 Å². The lowest BCUT2D eigenvalue weighted by atomic mass is 10.2. The van der Waals surface area contributed by atoms with E-state index < -0.39 is 20.2 Å². The number of hydrogen-bond donors (Lipinski definition) is 2. The predicted octanol–water partition coefficient (Wildman–Crippen LogP) is 5.33. The maximum Gasteiger partial charge on any atom is 0.171 e. The highest BCUT2D eigenvalue weighted by molar-refractivity contribution is 7.88. The summed E-state index contributed by atoms with van der Waals surface area (Å²) in [6, 6.07) is 15.5. The topological polar surface area (TPSA) is 72.2 Å². The van der Waals surface area contributed by atoms with Crippen molar-refractivity contribution in [2.45, 2.75) is 59.2 Å². The van der Waals surface area contributed by atoms with Gasteiger partial charge in [0, 0.05) is 17.2 Å². The summed E-state index contributed by atoms with van der Waals surface area (Å²) in [5.41, 5.74) is 8.36. The Morgan fingerprint density at radius 1 is 0.897 bits per heavy atom. The zero-order valence-corrected chi connectivity index (χ0v) is 20.0. The average Bonchev–Trinajstić information content (AvgIpc) is 2.69. The van der Waals surface area contributed by atoms with Gasteiger partial charge >= 0.3 is 0 Å². The fraction of sp³-hybridized carbons (Fsp3) is 0.478.